The molecule has 0 spiro atoms. The molecule has 0 amide bonds. The van der Waals surface area contributed by atoms with Gasteiger partial charge in [0.15, 0.2) is 0 Å². The number of piperidine rings is 1. The smallest absolute Gasteiger partial charge is 0.294 e. The van der Waals surface area contributed by atoms with Gasteiger partial charge >= 0.3 is 0 Å². The third-order valence-corrected chi connectivity index (χ3v) is 7.34. The maximum absolute atomic E-state index is 11.0. The molecule has 1 N–H and O–H groups in total. The first kappa shape index (κ1) is 30.0. The highest BCUT2D eigenvalue weighted by molar-refractivity contribution is 5.61. The molecule has 220 valence electrons. The fourth-order valence-electron chi connectivity index (χ4n) is 5.35. The van der Waals surface area contributed by atoms with Crippen LogP contribution in [0.2, 0.25) is 0 Å². The number of nitrogens with zero attached hydrogens (tertiary/aromatic N) is 2. The van der Waals surface area contributed by atoms with Crippen LogP contribution in [0.5, 0.6) is 5.75 Å². The monoisotopic (exact) mass is 559 g/mol. The van der Waals surface area contributed by atoms with Crippen LogP contribution in [0, 0.1) is 16.0 Å². The molecule has 2 aromatic rings. The molecule has 0 aromatic heterocycles. The van der Waals surface area contributed by atoms with E-state index in [9.17, 15) is 10.1 Å². The lowest BCUT2D eigenvalue weighted by molar-refractivity contribution is -0.759. The van der Waals surface area contributed by atoms with Crippen molar-refractivity contribution in [1.82, 2.24) is 5.32 Å². The lowest BCUT2D eigenvalue weighted by Gasteiger charge is -2.38. The quantitative estimate of drug-likeness (QED) is 0.187. The van der Waals surface area contributed by atoms with E-state index in [4.69, 9.17) is 28.5 Å². The summed E-state index contributed by atoms with van der Waals surface area (Å²) in [6.45, 7) is 6.34. The summed E-state index contributed by atoms with van der Waals surface area (Å²) in [5.74, 6) is 0.685. The van der Waals surface area contributed by atoms with Crippen LogP contribution in [-0.4, -0.2) is 84.6 Å². The Kier molecular flexibility index (Phi) is 11.8. The average molecular weight is 560 g/mol. The standard InChI is InChI=1S/C29H41N3O8/c1-35-12-3-10-31-11-13-38-27-9-6-23(16-26(27)31)20-39-28-18-30-17-25(21-40-32(33)34)29(28)24-7-4-22(5-8-24)19-37-15-14-36-2/h4-9,16,25,28-30H,3,10-15,17-21H2,1-2H3/t25-,28-,29-/m0/s1. The Balaban J connectivity index is 1.46. The van der Waals surface area contributed by atoms with Gasteiger partial charge in [0.25, 0.3) is 5.09 Å². The maximum atomic E-state index is 11.0. The van der Waals surface area contributed by atoms with E-state index in [0.717, 1.165) is 47.6 Å². The second kappa shape index (κ2) is 15.7. The van der Waals surface area contributed by atoms with Crippen LogP contribution in [0.4, 0.5) is 5.69 Å². The van der Waals surface area contributed by atoms with Gasteiger partial charge in [-0.15, -0.1) is 10.1 Å². The van der Waals surface area contributed by atoms with Crippen molar-refractivity contribution in [3.05, 3.63) is 69.3 Å². The molecule has 1 saturated heterocycles. The van der Waals surface area contributed by atoms with Crippen molar-refractivity contribution in [2.24, 2.45) is 5.92 Å². The number of ether oxygens (including phenoxy) is 5. The van der Waals surface area contributed by atoms with Gasteiger partial charge in [0.1, 0.15) is 19.0 Å². The Morgan fingerprint density at radius 3 is 2.60 bits per heavy atom. The van der Waals surface area contributed by atoms with Crippen molar-refractivity contribution in [3.63, 3.8) is 0 Å². The van der Waals surface area contributed by atoms with E-state index in [1.807, 2.05) is 24.3 Å². The first-order chi connectivity index (χ1) is 19.6. The number of nitrogens with one attached hydrogen (secondary N) is 1. The summed E-state index contributed by atoms with van der Waals surface area (Å²) in [7, 11) is 3.37. The molecule has 2 aliphatic heterocycles. The number of rotatable bonds is 16. The Labute approximate surface area is 235 Å². The van der Waals surface area contributed by atoms with E-state index in [1.165, 1.54) is 0 Å². The summed E-state index contributed by atoms with van der Waals surface area (Å²) in [4.78, 5) is 18.1. The first-order valence-corrected chi connectivity index (χ1v) is 13.8. The van der Waals surface area contributed by atoms with Gasteiger partial charge in [-0.3, -0.25) is 0 Å². The molecule has 0 unspecified atom stereocenters. The lowest BCUT2D eigenvalue weighted by atomic mass is 9.79. The van der Waals surface area contributed by atoms with Crippen molar-refractivity contribution in [2.45, 2.75) is 31.7 Å². The zero-order chi connectivity index (χ0) is 28.2. The number of benzene rings is 2. The molecule has 1 fully saturated rings. The molecule has 0 radical (unpaired) electrons. The SMILES string of the molecule is COCCCN1CCOc2ccc(CO[C@H]3CNC[C@@H](CO[N+](=O)[O-])[C@@H]3c3ccc(COCCOC)cc3)cc21. The van der Waals surface area contributed by atoms with Gasteiger partial charge in [-0.05, 0) is 35.2 Å². The molecule has 0 aliphatic carbocycles. The van der Waals surface area contributed by atoms with Gasteiger partial charge in [0.05, 0.1) is 44.8 Å². The van der Waals surface area contributed by atoms with Crippen molar-refractivity contribution in [3.8, 4) is 5.75 Å². The van der Waals surface area contributed by atoms with E-state index < -0.39 is 5.09 Å². The van der Waals surface area contributed by atoms with Crippen molar-refractivity contribution < 1.29 is 33.6 Å². The molecule has 40 heavy (non-hydrogen) atoms. The first-order valence-electron chi connectivity index (χ1n) is 13.8. The summed E-state index contributed by atoms with van der Waals surface area (Å²) in [5.41, 5.74) is 4.23. The molecule has 2 aliphatic rings. The largest absolute Gasteiger partial charge is 0.490 e. The van der Waals surface area contributed by atoms with Crippen LogP contribution in [0.15, 0.2) is 42.5 Å². The van der Waals surface area contributed by atoms with Crippen LogP contribution >= 0.6 is 0 Å². The summed E-state index contributed by atoms with van der Waals surface area (Å²) < 4.78 is 28.3. The van der Waals surface area contributed by atoms with E-state index in [-0.39, 0.29) is 24.5 Å². The predicted molar refractivity (Wildman–Crippen MR) is 149 cm³/mol. The van der Waals surface area contributed by atoms with Crippen molar-refractivity contribution >= 4 is 5.69 Å². The lowest BCUT2D eigenvalue weighted by Crippen LogP contribution is -2.48. The van der Waals surface area contributed by atoms with E-state index in [2.05, 4.69) is 28.4 Å². The molecule has 0 saturated carbocycles. The van der Waals surface area contributed by atoms with Gasteiger partial charge < -0.3 is 38.7 Å². The molecule has 0 bridgehead atoms. The minimum atomic E-state index is -0.727. The molecular formula is C29H41N3O8. The van der Waals surface area contributed by atoms with Gasteiger partial charge in [0.2, 0.25) is 0 Å². The molecule has 11 heteroatoms. The number of methoxy groups -OCH3 is 2. The second-order valence-electron chi connectivity index (χ2n) is 10.1. The van der Waals surface area contributed by atoms with Crippen molar-refractivity contribution in [1.29, 1.82) is 0 Å². The summed E-state index contributed by atoms with van der Waals surface area (Å²) >= 11 is 0. The topological polar surface area (TPSA) is 114 Å². The molecule has 11 nitrogen and oxygen atoms in total. The highest BCUT2D eigenvalue weighted by Crippen LogP contribution is 2.35. The predicted octanol–water partition coefficient (Wildman–Crippen LogP) is 3.18. The average Bonchev–Trinajstić information content (AvgIpc) is 2.98. The van der Waals surface area contributed by atoms with Crippen LogP contribution in [0.1, 0.15) is 29.0 Å². The van der Waals surface area contributed by atoms with Gasteiger partial charge in [-0.1, -0.05) is 30.3 Å². The Morgan fingerprint density at radius 1 is 1.02 bits per heavy atom. The zero-order valence-electron chi connectivity index (χ0n) is 23.4. The van der Waals surface area contributed by atoms with Gasteiger partial charge in [0, 0.05) is 52.3 Å². The second-order valence-corrected chi connectivity index (χ2v) is 10.1. The Hall–Kier alpha value is -2.96. The zero-order valence-corrected chi connectivity index (χ0v) is 23.4. The van der Waals surface area contributed by atoms with E-state index >= 15 is 0 Å². The molecule has 4 rings (SSSR count). The highest BCUT2D eigenvalue weighted by Gasteiger charge is 2.36. The minimum Gasteiger partial charge on any atom is -0.490 e. The van der Waals surface area contributed by atoms with Crippen LogP contribution in [0.25, 0.3) is 0 Å². The number of hydrogen-bond acceptors (Lipinski definition) is 10. The number of anilines is 1. The number of fused-ring (bicyclic) bond motifs is 1. The van der Waals surface area contributed by atoms with Gasteiger partial charge in [-0.25, -0.2) is 0 Å². The van der Waals surface area contributed by atoms with Crippen LogP contribution in [-0.2, 0) is 37.0 Å². The normalized spacial score (nSPS) is 20.6. The van der Waals surface area contributed by atoms with Crippen LogP contribution in [0.3, 0.4) is 0 Å². The Bertz CT molecular complexity index is 1050. The molecule has 2 aromatic carbocycles. The maximum Gasteiger partial charge on any atom is 0.294 e. The third kappa shape index (κ3) is 8.52. The fraction of sp³-hybridized carbons (Fsp3) is 0.586. The van der Waals surface area contributed by atoms with E-state index in [1.54, 1.807) is 14.2 Å². The Morgan fingerprint density at radius 2 is 1.82 bits per heavy atom. The van der Waals surface area contributed by atoms with Crippen molar-refractivity contribution in [2.75, 3.05) is 78.3 Å². The van der Waals surface area contributed by atoms with Crippen LogP contribution < -0.4 is 15.0 Å². The third-order valence-electron chi connectivity index (χ3n) is 7.34. The summed E-state index contributed by atoms with van der Waals surface area (Å²) in [6, 6.07) is 14.4. The summed E-state index contributed by atoms with van der Waals surface area (Å²) in [5, 5.41) is 13.6. The molecular weight excluding hydrogens is 518 g/mol. The van der Waals surface area contributed by atoms with E-state index in [0.29, 0.717) is 52.7 Å². The minimum absolute atomic E-state index is 0.000967. The fourth-order valence-corrected chi connectivity index (χ4v) is 5.35. The highest BCUT2D eigenvalue weighted by atomic mass is 16.9. The molecule has 3 atom stereocenters. The number of hydrogen-bond donors (Lipinski definition) is 1. The molecule has 2 heterocycles. The summed E-state index contributed by atoms with van der Waals surface area (Å²) in [6.07, 6.45) is 0.751. The van der Waals surface area contributed by atoms with Gasteiger partial charge in [-0.2, -0.15) is 0 Å².